The van der Waals surface area contributed by atoms with Crippen LogP contribution in [0.5, 0.6) is 28.7 Å². The fourth-order valence-corrected chi connectivity index (χ4v) is 8.48. The number of hydrogen-bond donors (Lipinski definition) is 6. The van der Waals surface area contributed by atoms with Gasteiger partial charge in [0.25, 0.3) is 0 Å². The van der Waals surface area contributed by atoms with E-state index in [-0.39, 0.29) is 48.2 Å². The molecule has 0 aliphatic carbocycles. The van der Waals surface area contributed by atoms with Crippen molar-refractivity contribution in [3.63, 3.8) is 0 Å². The third-order valence-electron chi connectivity index (χ3n) is 11.4. The molecule has 3 unspecified atom stereocenters. The Morgan fingerprint density at radius 2 is 1.59 bits per heavy atom. The number of fused-ring (bicyclic) bond motifs is 1. The van der Waals surface area contributed by atoms with Crippen LogP contribution in [-0.2, 0) is 49.9 Å². The minimum atomic E-state index is -1.09. The monoisotopic (exact) mass is 799 g/mol. The number of hydrogen-bond acceptors (Lipinski definition) is 9. The minimum Gasteiger partial charge on any atom is -0.670 e. The van der Waals surface area contributed by atoms with Gasteiger partial charge in [0.1, 0.15) is 11.5 Å². The number of nitrogens with one attached hydrogen (secondary N) is 1. The van der Waals surface area contributed by atoms with Crippen LogP contribution in [0.3, 0.4) is 0 Å². The standard InChI is InChI=1S/C49H55N2O8/c1-5-33-10-11-34-7-6-8-35(16-18-52)48(34)41(33)26-42-36(12-14-44(55)49(42)59-4)24-38(19-31-15-17-51-29-31)45(56)27-46(57)40(22-30-9-13-43(54)47(23-30)58-3)37-20-32(28-50-2)21-39(53)25-37/h6-15,17,20-21,23,25,29,38,40,45,50,52-56H,5,16,18-19,22,24,26-28H2,1-4H3/q-1. The number of benzene rings is 5. The van der Waals surface area contributed by atoms with Crippen LogP contribution in [0.15, 0.2) is 97.3 Å². The van der Waals surface area contributed by atoms with Crippen LogP contribution < -0.4 is 19.8 Å². The summed E-state index contributed by atoms with van der Waals surface area (Å²) in [5.41, 5.74) is 8.01. The predicted octanol–water partition coefficient (Wildman–Crippen LogP) is 7.09. The molecule has 6 N–H and O–H groups in total. The summed E-state index contributed by atoms with van der Waals surface area (Å²) in [5.74, 6) is -0.739. The molecule has 310 valence electrons. The molecule has 0 fully saturated rings. The maximum atomic E-state index is 14.6. The third-order valence-corrected chi connectivity index (χ3v) is 11.4. The number of aromatic hydroxyl groups is 3. The SMILES string of the molecule is CCc1ccc2cccc(CCO)c2c1Cc1c(CC(Cc2cc[n-]c2)C(O)CC(=O)C(Cc2ccc(O)c(OC)c2)c2cc(O)cc(CNC)c2)ccc(O)c1OC. The van der Waals surface area contributed by atoms with Crippen molar-refractivity contribution in [2.24, 2.45) is 5.92 Å². The van der Waals surface area contributed by atoms with E-state index in [0.717, 1.165) is 61.7 Å². The Kier molecular flexibility index (Phi) is 14.3. The first kappa shape index (κ1) is 42.8. The zero-order valence-electron chi connectivity index (χ0n) is 34.2. The molecule has 0 aliphatic heterocycles. The van der Waals surface area contributed by atoms with Crippen molar-refractivity contribution in [2.45, 2.75) is 70.4 Å². The summed E-state index contributed by atoms with van der Waals surface area (Å²) < 4.78 is 11.3. The number of ketones is 1. The van der Waals surface area contributed by atoms with E-state index in [0.29, 0.717) is 43.5 Å². The second-order valence-electron chi connectivity index (χ2n) is 15.3. The number of rotatable bonds is 20. The van der Waals surface area contributed by atoms with Crippen molar-refractivity contribution >= 4 is 16.6 Å². The number of Topliss-reactive ketones (excluding diaryl/α,β-unsaturated/α-hetero) is 1. The van der Waals surface area contributed by atoms with Crippen LogP contribution in [0, 0.1) is 5.92 Å². The van der Waals surface area contributed by atoms with Gasteiger partial charge in [0.15, 0.2) is 23.0 Å². The summed E-state index contributed by atoms with van der Waals surface area (Å²) in [7, 11) is 4.81. The van der Waals surface area contributed by atoms with E-state index in [2.05, 4.69) is 35.4 Å². The molecule has 0 saturated heterocycles. The third kappa shape index (κ3) is 10.1. The number of carbonyl (C=O) groups is 1. The average molecular weight is 800 g/mol. The molecular formula is C49H55N2O8-. The molecule has 10 nitrogen and oxygen atoms in total. The zero-order chi connectivity index (χ0) is 42.1. The molecule has 59 heavy (non-hydrogen) atoms. The summed E-state index contributed by atoms with van der Waals surface area (Å²) in [4.78, 5) is 18.9. The summed E-state index contributed by atoms with van der Waals surface area (Å²) in [6.45, 7) is 2.60. The molecule has 6 rings (SSSR count). The molecule has 0 bridgehead atoms. The van der Waals surface area contributed by atoms with Gasteiger partial charge >= 0.3 is 0 Å². The van der Waals surface area contributed by atoms with Crippen molar-refractivity contribution in [3.05, 3.63) is 147 Å². The van der Waals surface area contributed by atoms with Crippen LogP contribution in [0.2, 0.25) is 0 Å². The van der Waals surface area contributed by atoms with Crippen molar-refractivity contribution in [1.82, 2.24) is 10.3 Å². The lowest BCUT2D eigenvalue weighted by atomic mass is 9.80. The van der Waals surface area contributed by atoms with Gasteiger partial charge in [-0.1, -0.05) is 67.1 Å². The Hall–Kier alpha value is -5.81. The smallest absolute Gasteiger partial charge is 0.164 e. The Morgan fingerprint density at radius 3 is 2.31 bits per heavy atom. The van der Waals surface area contributed by atoms with Gasteiger partial charge in [-0.2, -0.15) is 12.4 Å². The van der Waals surface area contributed by atoms with E-state index in [4.69, 9.17) is 9.47 Å². The lowest BCUT2D eigenvalue weighted by Crippen LogP contribution is -2.30. The maximum Gasteiger partial charge on any atom is 0.164 e. The fourth-order valence-electron chi connectivity index (χ4n) is 8.48. The number of aromatic nitrogens is 1. The quantitative estimate of drug-likeness (QED) is 0.0471. The second kappa shape index (κ2) is 19.8. The first-order valence-corrected chi connectivity index (χ1v) is 20.2. The number of phenolic OH excluding ortho intramolecular Hbond substituents is 3. The van der Waals surface area contributed by atoms with Gasteiger partial charge in [-0.25, -0.2) is 0 Å². The first-order chi connectivity index (χ1) is 28.6. The van der Waals surface area contributed by atoms with E-state index in [1.165, 1.54) is 20.3 Å². The average Bonchev–Trinajstić information content (AvgIpc) is 3.74. The van der Waals surface area contributed by atoms with Crippen LogP contribution in [0.25, 0.3) is 10.8 Å². The number of carbonyl (C=O) groups excluding carboxylic acids is 1. The summed E-state index contributed by atoms with van der Waals surface area (Å²) in [6, 6.07) is 25.9. The molecule has 0 aliphatic rings. The Morgan fingerprint density at radius 1 is 0.797 bits per heavy atom. The molecule has 3 atom stereocenters. The number of phenols is 3. The number of aliphatic hydroxyl groups excluding tert-OH is 2. The molecule has 5 aromatic carbocycles. The highest BCUT2D eigenvalue weighted by Crippen LogP contribution is 2.40. The van der Waals surface area contributed by atoms with Crippen LogP contribution in [0.1, 0.15) is 69.3 Å². The lowest BCUT2D eigenvalue weighted by molar-refractivity contribution is -0.123. The number of aliphatic hydroxyl groups is 2. The lowest BCUT2D eigenvalue weighted by Gasteiger charge is -2.27. The largest absolute Gasteiger partial charge is 0.670 e. The number of methoxy groups -OCH3 is 2. The Bertz CT molecular complexity index is 2360. The van der Waals surface area contributed by atoms with Crippen LogP contribution in [-0.4, -0.2) is 65.3 Å². The van der Waals surface area contributed by atoms with Gasteiger partial charge in [-0.05, 0) is 125 Å². The number of aryl methyl sites for hydroxylation is 1. The molecule has 0 radical (unpaired) electrons. The molecule has 6 aromatic rings. The highest BCUT2D eigenvalue weighted by atomic mass is 16.5. The maximum absolute atomic E-state index is 14.6. The van der Waals surface area contributed by atoms with E-state index in [1.54, 1.807) is 42.7 Å². The van der Waals surface area contributed by atoms with E-state index >= 15 is 0 Å². The van der Waals surface area contributed by atoms with Gasteiger partial charge < -0.3 is 45.3 Å². The van der Waals surface area contributed by atoms with Crippen molar-refractivity contribution in [3.8, 4) is 28.7 Å². The Balaban J connectivity index is 1.39. The van der Waals surface area contributed by atoms with Crippen molar-refractivity contribution in [1.29, 1.82) is 0 Å². The first-order valence-electron chi connectivity index (χ1n) is 20.2. The van der Waals surface area contributed by atoms with Gasteiger partial charge in [-0.3, -0.25) is 4.79 Å². The number of ether oxygens (including phenoxy) is 2. The molecule has 0 amide bonds. The zero-order valence-corrected chi connectivity index (χ0v) is 34.2. The number of nitrogens with zero attached hydrogens (tertiary/aromatic N) is 1. The molecule has 0 spiro atoms. The Labute approximate surface area is 346 Å². The van der Waals surface area contributed by atoms with Gasteiger partial charge in [0.2, 0.25) is 0 Å². The van der Waals surface area contributed by atoms with E-state index in [1.807, 2.05) is 37.4 Å². The van der Waals surface area contributed by atoms with Crippen molar-refractivity contribution in [2.75, 3.05) is 27.9 Å². The summed E-state index contributed by atoms with van der Waals surface area (Å²) in [5, 5.41) is 59.7. The highest BCUT2D eigenvalue weighted by Gasteiger charge is 2.30. The van der Waals surface area contributed by atoms with Gasteiger partial charge in [-0.15, -0.1) is 0 Å². The van der Waals surface area contributed by atoms with Gasteiger partial charge in [0, 0.05) is 37.5 Å². The van der Waals surface area contributed by atoms with Gasteiger partial charge in [0.05, 0.1) is 20.3 Å². The van der Waals surface area contributed by atoms with Crippen LogP contribution in [0.4, 0.5) is 0 Å². The molecule has 0 saturated carbocycles. The molecule has 10 heteroatoms. The van der Waals surface area contributed by atoms with Crippen LogP contribution >= 0.6 is 0 Å². The van der Waals surface area contributed by atoms with E-state index < -0.39 is 17.9 Å². The molecule has 1 aromatic heterocycles. The molecule has 1 heterocycles. The summed E-state index contributed by atoms with van der Waals surface area (Å²) in [6.07, 6.45) is 4.96. The van der Waals surface area contributed by atoms with E-state index in [9.17, 15) is 30.3 Å². The minimum absolute atomic E-state index is 0.00471. The second-order valence-corrected chi connectivity index (χ2v) is 15.3. The van der Waals surface area contributed by atoms with Crippen molar-refractivity contribution < 1.29 is 39.8 Å². The fraction of sp³-hybridized carbons (Fsp3) is 0.327. The predicted molar refractivity (Wildman–Crippen MR) is 230 cm³/mol. The molecular weight excluding hydrogens is 745 g/mol. The topological polar surface area (TPSA) is 163 Å². The normalized spacial score (nSPS) is 13.0. The highest BCUT2D eigenvalue weighted by molar-refractivity contribution is 5.90. The summed E-state index contributed by atoms with van der Waals surface area (Å²) >= 11 is 0.